The van der Waals surface area contributed by atoms with Crippen LogP contribution in [0.5, 0.6) is 0 Å². The Bertz CT molecular complexity index is 773. The van der Waals surface area contributed by atoms with E-state index in [-0.39, 0.29) is 18.0 Å². The lowest BCUT2D eigenvalue weighted by Gasteiger charge is -2.34. The number of carbonyl (C=O) groups is 1. The van der Waals surface area contributed by atoms with Gasteiger partial charge in [0.15, 0.2) is 0 Å². The molecule has 1 aliphatic rings. The first kappa shape index (κ1) is 16.6. The second kappa shape index (κ2) is 6.30. The van der Waals surface area contributed by atoms with Crippen molar-refractivity contribution in [2.24, 2.45) is 0 Å². The lowest BCUT2D eigenvalue weighted by molar-refractivity contribution is 0.0179. The molecule has 3 rings (SSSR count). The molecule has 1 N–H and O–H groups in total. The van der Waals surface area contributed by atoms with Gasteiger partial charge in [-0.2, -0.15) is 0 Å². The Balaban J connectivity index is 1.82. The molecular formula is C19H23FN2O2. The Morgan fingerprint density at radius 3 is 2.92 bits per heavy atom. The third-order valence-electron chi connectivity index (χ3n) is 4.13. The van der Waals surface area contributed by atoms with Crippen LogP contribution in [0.15, 0.2) is 36.5 Å². The van der Waals surface area contributed by atoms with E-state index in [0.29, 0.717) is 13.0 Å². The lowest BCUT2D eigenvalue weighted by Crippen LogP contribution is -2.45. The summed E-state index contributed by atoms with van der Waals surface area (Å²) in [5.41, 5.74) is 1.40. The minimum Gasteiger partial charge on any atom is -0.444 e. The number of fused-ring (bicyclic) bond motifs is 1. The molecule has 1 aromatic carbocycles. The summed E-state index contributed by atoms with van der Waals surface area (Å²) in [7, 11) is 0. The molecule has 0 saturated heterocycles. The molecule has 2 heterocycles. The molecule has 1 aromatic heterocycles. The highest BCUT2D eigenvalue weighted by atomic mass is 19.1. The molecule has 1 unspecified atom stereocenters. The van der Waals surface area contributed by atoms with E-state index in [1.807, 2.05) is 33.0 Å². The van der Waals surface area contributed by atoms with Crippen LogP contribution in [-0.4, -0.2) is 34.2 Å². The van der Waals surface area contributed by atoms with Crippen molar-refractivity contribution in [1.29, 1.82) is 0 Å². The zero-order valence-electron chi connectivity index (χ0n) is 14.3. The zero-order chi connectivity index (χ0) is 17.3. The number of nitrogens with one attached hydrogen (secondary N) is 1. The maximum Gasteiger partial charge on any atom is 0.410 e. The molecule has 0 bridgehead atoms. The molecule has 5 heteroatoms. The number of halogens is 1. The van der Waals surface area contributed by atoms with E-state index in [2.05, 4.69) is 11.1 Å². The first-order valence-corrected chi connectivity index (χ1v) is 8.23. The highest BCUT2D eigenvalue weighted by Crippen LogP contribution is 2.25. The molecule has 0 aliphatic carbocycles. The SMILES string of the molecule is CC(C)(C)OC(=O)N1CC=CCC1Cc1c[nH]c2ccc(F)cc12. The van der Waals surface area contributed by atoms with Crippen molar-refractivity contribution in [3.8, 4) is 0 Å². The number of H-pyrrole nitrogens is 1. The van der Waals surface area contributed by atoms with Gasteiger partial charge < -0.3 is 14.6 Å². The molecule has 128 valence electrons. The number of aromatic amines is 1. The summed E-state index contributed by atoms with van der Waals surface area (Å²) in [6.07, 6.45) is 7.09. The number of nitrogens with zero attached hydrogens (tertiary/aromatic N) is 1. The quantitative estimate of drug-likeness (QED) is 0.829. The van der Waals surface area contributed by atoms with Crippen molar-refractivity contribution in [2.75, 3.05) is 6.54 Å². The fourth-order valence-electron chi connectivity index (χ4n) is 3.03. The van der Waals surface area contributed by atoms with Gasteiger partial charge in [-0.15, -0.1) is 0 Å². The van der Waals surface area contributed by atoms with E-state index in [0.717, 1.165) is 22.9 Å². The maximum atomic E-state index is 13.6. The van der Waals surface area contributed by atoms with Crippen LogP contribution in [0.3, 0.4) is 0 Å². The van der Waals surface area contributed by atoms with E-state index in [1.165, 1.54) is 12.1 Å². The van der Waals surface area contributed by atoms with Gasteiger partial charge in [0, 0.05) is 29.7 Å². The van der Waals surface area contributed by atoms with Gasteiger partial charge in [-0.25, -0.2) is 9.18 Å². The van der Waals surface area contributed by atoms with E-state index in [4.69, 9.17) is 4.74 Å². The molecule has 0 radical (unpaired) electrons. The number of amides is 1. The van der Waals surface area contributed by atoms with Gasteiger partial charge in [0.05, 0.1) is 0 Å². The third kappa shape index (κ3) is 3.61. The average molecular weight is 330 g/mol. The monoisotopic (exact) mass is 330 g/mol. The maximum absolute atomic E-state index is 13.6. The van der Waals surface area contributed by atoms with Gasteiger partial charge in [0.1, 0.15) is 11.4 Å². The highest BCUT2D eigenvalue weighted by Gasteiger charge is 2.29. The van der Waals surface area contributed by atoms with Gasteiger partial charge in [-0.05, 0) is 57.4 Å². The van der Waals surface area contributed by atoms with E-state index in [1.54, 1.807) is 11.0 Å². The summed E-state index contributed by atoms with van der Waals surface area (Å²) in [6, 6.07) is 4.73. The fourth-order valence-corrected chi connectivity index (χ4v) is 3.03. The minimum atomic E-state index is -0.521. The van der Waals surface area contributed by atoms with Crippen LogP contribution in [0, 0.1) is 5.82 Å². The standard InChI is InChI=1S/C19H23FN2O2/c1-19(2,3)24-18(23)22-9-5-4-6-15(22)10-13-12-21-17-8-7-14(20)11-16(13)17/h4-5,7-8,11-12,15,21H,6,9-10H2,1-3H3. The molecule has 0 fully saturated rings. The van der Waals surface area contributed by atoms with E-state index >= 15 is 0 Å². The van der Waals surface area contributed by atoms with Gasteiger partial charge >= 0.3 is 6.09 Å². The topological polar surface area (TPSA) is 45.3 Å². The molecule has 1 amide bonds. The van der Waals surface area contributed by atoms with Crippen LogP contribution < -0.4 is 0 Å². The van der Waals surface area contributed by atoms with Crippen LogP contribution in [0.4, 0.5) is 9.18 Å². The molecule has 1 atom stereocenters. The van der Waals surface area contributed by atoms with Gasteiger partial charge in [0.2, 0.25) is 0 Å². The van der Waals surface area contributed by atoms with Crippen molar-refractivity contribution in [3.05, 3.63) is 47.9 Å². The van der Waals surface area contributed by atoms with Crippen LogP contribution in [0.2, 0.25) is 0 Å². The Hall–Kier alpha value is -2.30. The number of rotatable bonds is 2. The average Bonchev–Trinajstić information content (AvgIpc) is 2.88. The number of hydrogen-bond donors (Lipinski definition) is 1. The van der Waals surface area contributed by atoms with Gasteiger partial charge in [-0.1, -0.05) is 12.2 Å². The molecule has 2 aromatic rings. The number of hydrogen-bond acceptors (Lipinski definition) is 2. The van der Waals surface area contributed by atoms with Crippen LogP contribution in [-0.2, 0) is 11.2 Å². The second-order valence-electron chi connectivity index (χ2n) is 7.20. The normalized spacial score (nSPS) is 18.2. The fraction of sp³-hybridized carbons (Fsp3) is 0.421. The summed E-state index contributed by atoms with van der Waals surface area (Å²) in [6.45, 7) is 6.13. The Labute approximate surface area is 141 Å². The molecule has 1 aliphatic heterocycles. The van der Waals surface area contributed by atoms with Crippen molar-refractivity contribution < 1.29 is 13.9 Å². The summed E-state index contributed by atoms with van der Waals surface area (Å²) in [5, 5.41) is 0.869. The Kier molecular flexibility index (Phi) is 4.35. The Morgan fingerprint density at radius 1 is 1.38 bits per heavy atom. The van der Waals surface area contributed by atoms with E-state index in [9.17, 15) is 9.18 Å². The third-order valence-corrected chi connectivity index (χ3v) is 4.13. The molecule has 0 saturated carbocycles. The zero-order valence-corrected chi connectivity index (χ0v) is 14.3. The lowest BCUT2D eigenvalue weighted by atomic mass is 9.99. The predicted molar refractivity (Wildman–Crippen MR) is 92.4 cm³/mol. The van der Waals surface area contributed by atoms with Gasteiger partial charge in [-0.3, -0.25) is 0 Å². The molecular weight excluding hydrogens is 307 g/mol. The summed E-state index contributed by atoms with van der Waals surface area (Å²) in [5.74, 6) is -0.254. The molecule has 4 nitrogen and oxygen atoms in total. The number of benzene rings is 1. The largest absolute Gasteiger partial charge is 0.444 e. The van der Waals surface area contributed by atoms with Crippen molar-refractivity contribution in [3.63, 3.8) is 0 Å². The van der Waals surface area contributed by atoms with Crippen LogP contribution >= 0.6 is 0 Å². The summed E-state index contributed by atoms with van der Waals surface area (Å²) >= 11 is 0. The number of carbonyl (C=O) groups excluding carboxylic acids is 1. The highest BCUT2D eigenvalue weighted by molar-refractivity contribution is 5.83. The van der Waals surface area contributed by atoms with Crippen molar-refractivity contribution in [2.45, 2.75) is 45.3 Å². The number of aromatic nitrogens is 1. The first-order chi connectivity index (χ1) is 11.3. The smallest absolute Gasteiger partial charge is 0.410 e. The predicted octanol–water partition coefficient (Wildman–Crippen LogP) is 4.42. The summed E-state index contributed by atoms with van der Waals surface area (Å²) in [4.78, 5) is 17.4. The van der Waals surface area contributed by atoms with Crippen LogP contribution in [0.25, 0.3) is 10.9 Å². The summed E-state index contributed by atoms with van der Waals surface area (Å²) < 4.78 is 19.1. The first-order valence-electron chi connectivity index (χ1n) is 8.23. The Morgan fingerprint density at radius 2 is 2.17 bits per heavy atom. The molecule has 24 heavy (non-hydrogen) atoms. The van der Waals surface area contributed by atoms with Crippen LogP contribution in [0.1, 0.15) is 32.8 Å². The second-order valence-corrected chi connectivity index (χ2v) is 7.20. The molecule has 0 spiro atoms. The van der Waals surface area contributed by atoms with E-state index < -0.39 is 5.60 Å². The van der Waals surface area contributed by atoms with Crippen molar-refractivity contribution >= 4 is 17.0 Å². The van der Waals surface area contributed by atoms with Crippen molar-refractivity contribution in [1.82, 2.24) is 9.88 Å². The number of ether oxygens (including phenoxy) is 1. The minimum absolute atomic E-state index is 0.00659. The van der Waals surface area contributed by atoms with Gasteiger partial charge in [0.25, 0.3) is 0 Å².